The highest BCUT2D eigenvalue weighted by molar-refractivity contribution is 5.31. The molecule has 0 spiro atoms. The minimum atomic E-state index is 0.640. The van der Waals surface area contributed by atoms with Gasteiger partial charge in [-0.1, -0.05) is 31.0 Å². The minimum Gasteiger partial charge on any atom is -0.326 e. The largest absolute Gasteiger partial charge is 0.326 e. The molecule has 2 rings (SSSR count). The van der Waals surface area contributed by atoms with E-state index in [4.69, 9.17) is 5.73 Å². The molecular weight excluding hydrogens is 220 g/mol. The molecule has 1 aliphatic rings. The fraction of sp³-hybridized carbons (Fsp3) is 0.625. The van der Waals surface area contributed by atoms with E-state index >= 15 is 0 Å². The fourth-order valence-electron chi connectivity index (χ4n) is 2.85. The Morgan fingerprint density at radius 3 is 2.83 bits per heavy atom. The van der Waals surface area contributed by atoms with E-state index in [9.17, 15) is 0 Å². The van der Waals surface area contributed by atoms with Gasteiger partial charge in [0.2, 0.25) is 0 Å². The van der Waals surface area contributed by atoms with Crippen molar-refractivity contribution in [1.82, 2.24) is 4.90 Å². The Kier molecular flexibility index (Phi) is 4.79. The third-order valence-corrected chi connectivity index (χ3v) is 4.21. The SMILES string of the molecule is Cc1cc(CN)ccc1CN1CCCCCC1C. The number of hydrogen-bond donors (Lipinski definition) is 1. The first-order chi connectivity index (χ1) is 8.70. The maximum Gasteiger partial charge on any atom is 0.0239 e. The van der Waals surface area contributed by atoms with Crippen molar-refractivity contribution in [2.75, 3.05) is 6.54 Å². The van der Waals surface area contributed by atoms with Crippen molar-refractivity contribution in [2.45, 2.75) is 58.7 Å². The fourth-order valence-corrected chi connectivity index (χ4v) is 2.85. The average Bonchev–Trinajstić information content (AvgIpc) is 2.57. The standard InChI is InChI=1S/C16H26N2/c1-13-10-15(11-17)7-8-16(13)12-18-9-5-3-4-6-14(18)2/h7-8,10,14H,3-6,9,11-12,17H2,1-2H3. The van der Waals surface area contributed by atoms with Gasteiger partial charge in [0.25, 0.3) is 0 Å². The van der Waals surface area contributed by atoms with Crippen molar-refractivity contribution in [2.24, 2.45) is 5.73 Å². The van der Waals surface area contributed by atoms with E-state index < -0.39 is 0 Å². The lowest BCUT2D eigenvalue weighted by Gasteiger charge is -2.27. The normalized spacial score (nSPS) is 21.8. The van der Waals surface area contributed by atoms with E-state index in [1.54, 1.807) is 0 Å². The van der Waals surface area contributed by atoms with Gasteiger partial charge in [-0.25, -0.2) is 0 Å². The van der Waals surface area contributed by atoms with Crippen molar-refractivity contribution in [3.05, 3.63) is 34.9 Å². The summed E-state index contributed by atoms with van der Waals surface area (Å²) in [7, 11) is 0. The molecule has 0 saturated carbocycles. The van der Waals surface area contributed by atoms with E-state index in [1.807, 2.05) is 0 Å². The van der Waals surface area contributed by atoms with Gasteiger partial charge in [-0.2, -0.15) is 0 Å². The summed E-state index contributed by atoms with van der Waals surface area (Å²) in [4.78, 5) is 2.64. The number of likely N-dealkylation sites (tertiary alicyclic amines) is 1. The van der Waals surface area contributed by atoms with Crippen LogP contribution in [-0.2, 0) is 13.1 Å². The van der Waals surface area contributed by atoms with E-state index in [0.717, 1.165) is 12.6 Å². The summed E-state index contributed by atoms with van der Waals surface area (Å²) in [5, 5.41) is 0. The zero-order chi connectivity index (χ0) is 13.0. The molecule has 2 nitrogen and oxygen atoms in total. The van der Waals surface area contributed by atoms with Gasteiger partial charge in [0.1, 0.15) is 0 Å². The van der Waals surface area contributed by atoms with Crippen molar-refractivity contribution < 1.29 is 0 Å². The second kappa shape index (κ2) is 6.35. The van der Waals surface area contributed by atoms with Crippen molar-refractivity contribution >= 4 is 0 Å². The van der Waals surface area contributed by atoms with Crippen LogP contribution in [0, 0.1) is 6.92 Å². The molecule has 0 bridgehead atoms. The summed E-state index contributed by atoms with van der Waals surface area (Å²) in [5.74, 6) is 0. The summed E-state index contributed by atoms with van der Waals surface area (Å²) in [5.41, 5.74) is 9.76. The van der Waals surface area contributed by atoms with Crippen LogP contribution in [0.1, 0.15) is 49.3 Å². The molecule has 1 aromatic rings. The van der Waals surface area contributed by atoms with Crippen LogP contribution in [0.2, 0.25) is 0 Å². The van der Waals surface area contributed by atoms with Crippen molar-refractivity contribution in [3.63, 3.8) is 0 Å². The summed E-state index contributed by atoms with van der Waals surface area (Å²) in [6.07, 6.45) is 5.49. The number of rotatable bonds is 3. The molecule has 0 aliphatic carbocycles. The number of hydrogen-bond acceptors (Lipinski definition) is 2. The summed E-state index contributed by atoms with van der Waals surface area (Å²) < 4.78 is 0. The number of nitrogens with two attached hydrogens (primary N) is 1. The molecule has 1 atom stereocenters. The maximum absolute atomic E-state index is 5.69. The molecule has 0 aromatic heterocycles. The van der Waals surface area contributed by atoms with Crippen LogP contribution in [0.15, 0.2) is 18.2 Å². The van der Waals surface area contributed by atoms with Crippen molar-refractivity contribution in [1.29, 1.82) is 0 Å². The Labute approximate surface area is 111 Å². The Hall–Kier alpha value is -0.860. The Morgan fingerprint density at radius 2 is 2.11 bits per heavy atom. The van der Waals surface area contributed by atoms with E-state index in [1.165, 1.54) is 48.9 Å². The predicted octanol–water partition coefficient (Wildman–Crippen LogP) is 3.22. The minimum absolute atomic E-state index is 0.640. The smallest absolute Gasteiger partial charge is 0.0239 e. The van der Waals surface area contributed by atoms with Gasteiger partial charge in [0, 0.05) is 19.1 Å². The molecular formula is C16H26N2. The van der Waals surface area contributed by atoms with E-state index in [0.29, 0.717) is 6.54 Å². The second-order valence-electron chi connectivity index (χ2n) is 5.63. The zero-order valence-corrected chi connectivity index (χ0v) is 11.8. The molecule has 1 fully saturated rings. The molecule has 1 saturated heterocycles. The van der Waals surface area contributed by atoms with Gasteiger partial charge in [0.15, 0.2) is 0 Å². The topological polar surface area (TPSA) is 29.3 Å². The number of nitrogens with zero attached hydrogens (tertiary/aromatic N) is 1. The van der Waals surface area contributed by atoms with E-state index in [-0.39, 0.29) is 0 Å². The van der Waals surface area contributed by atoms with Crippen LogP contribution < -0.4 is 5.73 Å². The highest BCUT2D eigenvalue weighted by Crippen LogP contribution is 2.20. The lowest BCUT2D eigenvalue weighted by molar-refractivity contribution is 0.204. The van der Waals surface area contributed by atoms with E-state index in [2.05, 4.69) is 36.9 Å². The summed E-state index contributed by atoms with van der Waals surface area (Å²) in [6, 6.07) is 7.39. The van der Waals surface area contributed by atoms with Gasteiger partial charge in [0.05, 0.1) is 0 Å². The number of aryl methyl sites for hydroxylation is 1. The molecule has 2 heteroatoms. The van der Waals surface area contributed by atoms with Gasteiger partial charge in [-0.15, -0.1) is 0 Å². The first-order valence-electron chi connectivity index (χ1n) is 7.23. The maximum atomic E-state index is 5.69. The van der Waals surface area contributed by atoms with Crippen LogP contribution in [-0.4, -0.2) is 17.5 Å². The first kappa shape index (κ1) is 13.6. The second-order valence-corrected chi connectivity index (χ2v) is 5.63. The summed E-state index contributed by atoms with van der Waals surface area (Å²) >= 11 is 0. The average molecular weight is 246 g/mol. The molecule has 1 aliphatic heterocycles. The van der Waals surface area contributed by atoms with Crippen LogP contribution in [0.3, 0.4) is 0 Å². The number of benzene rings is 1. The third kappa shape index (κ3) is 3.33. The van der Waals surface area contributed by atoms with Crippen LogP contribution >= 0.6 is 0 Å². The Morgan fingerprint density at radius 1 is 1.28 bits per heavy atom. The highest BCUT2D eigenvalue weighted by Gasteiger charge is 2.17. The third-order valence-electron chi connectivity index (χ3n) is 4.21. The molecule has 0 radical (unpaired) electrons. The molecule has 1 aromatic carbocycles. The Balaban J connectivity index is 2.07. The van der Waals surface area contributed by atoms with Crippen LogP contribution in [0.4, 0.5) is 0 Å². The lowest BCUT2D eigenvalue weighted by Crippen LogP contribution is -2.32. The van der Waals surface area contributed by atoms with Gasteiger partial charge >= 0.3 is 0 Å². The van der Waals surface area contributed by atoms with Gasteiger partial charge in [-0.3, -0.25) is 4.90 Å². The van der Waals surface area contributed by atoms with Crippen LogP contribution in [0.25, 0.3) is 0 Å². The van der Waals surface area contributed by atoms with Gasteiger partial charge in [-0.05, 0) is 49.9 Å². The quantitative estimate of drug-likeness (QED) is 0.887. The zero-order valence-electron chi connectivity index (χ0n) is 11.8. The van der Waals surface area contributed by atoms with Gasteiger partial charge < -0.3 is 5.73 Å². The molecule has 1 unspecified atom stereocenters. The molecule has 0 amide bonds. The highest BCUT2D eigenvalue weighted by atomic mass is 15.1. The van der Waals surface area contributed by atoms with Crippen LogP contribution in [0.5, 0.6) is 0 Å². The summed E-state index contributed by atoms with van der Waals surface area (Å²) in [6.45, 7) is 7.56. The monoisotopic (exact) mass is 246 g/mol. The molecule has 18 heavy (non-hydrogen) atoms. The first-order valence-corrected chi connectivity index (χ1v) is 7.23. The molecule has 100 valence electrons. The Bertz CT molecular complexity index is 387. The lowest BCUT2D eigenvalue weighted by atomic mass is 10.0. The molecule has 2 N–H and O–H groups in total. The predicted molar refractivity (Wildman–Crippen MR) is 77.4 cm³/mol. The molecule has 1 heterocycles. The van der Waals surface area contributed by atoms with Crippen molar-refractivity contribution in [3.8, 4) is 0 Å².